The molecule has 0 fully saturated rings. The van der Waals surface area contributed by atoms with E-state index in [1.54, 1.807) is 0 Å². The molecule has 10 heavy (non-hydrogen) atoms. The maximum atomic E-state index is 4.98. The summed E-state index contributed by atoms with van der Waals surface area (Å²) in [6.07, 6.45) is 0. The lowest BCUT2D eigenvalue weighted by Crippen LogP contribution is -1.80. The van der Waals surface area contributed by atoms with Crippen molar-refractivity contribution in [3.8, 4) is 0 Å². The Morgan fingerprint density at radius 1 is 1.50 bits per heavy atom. The summed E-state index contributed by atoms with van der Waals surface area (Å²) in [5, 5.41) is 3.76. The molecule has 0 aliphatic carbocycles. The van der Waals surface area contributed by atoms with Crippen LogP contribution in [-0.4, -0.2) is 5.16 Å². The number of hydrogen-bond donors (Lipinski definition) is 0. The predicted octanol–water partition coefficient (Wildman–Crippen LogP) is 2.74. The van der Waals surface area contributed by atoms with Crippen LogP contribution in [0, 0.1) is 6.92 Å². The number of aromatic nitrogens is 1. The van der Waals surface area contributed by atoms with Crippen LogP contribution in [0.4, 0.5) is 0 Å². The fourth-order valence-electron chi connectivity index (χ4n) is 0.655. The van der Waals surface area contributed by atoms with Crippen LogP contribution in [0.25, 0.3) is 0 Å². The molecule has 0 aromatic carbocycles. The summed E-state index contributed by atoms with van der Waals surface area (Å²) in [7, 11) is 0. The van der Waals surface area contributed by atoms with E-state index in [-0.39, 0.29) is 7.43 Å². The molecular weight excluding hydrogens is 126 g/mol. The van der Waals surface area contributed by atoms with Crippen LogP contribution in [-0.2, 0) is 0 Å². The molecule has 0 N–H and O–H groups in total. The molecule has 1 aromatic rings. The Bertz CT molecular complexity index is 191. The average Bonchev–Trinajstić information content (AvgIpc) is 2.14. The van der Waals surface area contributed by atoms with Gasteiger partial charge in [0.2, 0.25) is 0 Å². The fourth-order valence-corrected chi connectivity index (χ4v) is 0.655. The molecule has 0 saturated heterocycles. The van der Waals surface area contributed by atoms with E-state index in [4.69, 9.17) is 4.52 Å². The first-order valence-electron chi connectivity index (χ1n) is 3.13. The Morgan fingerprint density at radius 2 is 2.10 bits per heavy atom. The molecule has 58 valence electrons. The number of nitrogens with zero attached hydrogens (tertiary/aromatic N) is 1. The SMILES string of the molecule is C.Cc1cc(C(C)C)on1. The molecule has 0 aliphatic heterocycles. The molecule has 0 amide bonds. The third-order valence-electron chi connectivity index (χ3n) is 1.22. The van der Waals surface area contributed by atoms with Crippen molar-refractivity contribution in [2.24, 2.45) is 0 Å². The van der Waals surface area contributed by atoms with Crippen LogP contribution in [0.15, 0.2) is 10.6 Å². The molecule has 2 nitrogen and oxygen atoms in total. The number of aryl methyl sites for hydroxylation is 1. The number of hydrogen-bond acceptors (Lipinski definition) is 2. The summed E-state index contributed by atoms with van der Waals surface area (Å²) in [5.41, 5.74) is 0.957. The Labute approximate surface area is 62.2 Å². The second-order valence-electron chi connectivity index (χ2n) is 2.53. The Balaban J connectivity index is 0.000000810. The third-order valence-corrected chi connectivity index (χ3v) is 1.22. The highest BCUT2D eigenvalue weighted by atomic mass is 16.5. The van der Waals surface area contributed by atoms with E-state index in [1.807, 2.05) is 13.0 Å². The van der Waals surface area contributed by atoms with Crippen LogP contribution in [0.3, 0.4) is 0 Å². The predicted molar refractivity (Wildman–Crippen MR) is 42.1 cm³/mol. The molecule has 0 atom stereocenters. The van der Waals surface area contributed by atoms with Gasteiger partial charge in [0.1, 0.15) is 5.76 Å². The average molecular weight is 141 g/mol. The van der Waals surface area contributed by atoms with Gasteiger partial charge in [-0.25, -0.2) is 0 Å². The highest BCUT2D eigenvalue weighted by molar-refractivity contribution is 5.06. The molecule has 0 radical (unpaired) electrons. The van der Waals surface area contributed by atoms with Crippen molar-refractivity contribution in [3.05, 3.63) is 17.5 Å². The summed E-state index contributed by atoms with van der Waals surface area (Å²) in [6, 6.07) is 1.96. The van der Waals surface area contributed by atoms with Crippen molar-refractivity contribution >= 4 is 0 Å². The minimum atomic E-state index is 0. The van der Waals surface area contributed by atoms with Gasteiger partial charge in [-0.15, -0.1) is 0 Å². The van der Waals surface area contributed by atoms with Crippen molar-refractivity contribution in [1.82, 2.24) is 5.16 Å². The Hall–Kier alpha value is -0.790. The molecule has 1 rings (SSSR count). The van der Waals surface area contributed by atoms with Gasteiger partial charge in [-0.2, -0.15) is 0 Å². The lowest BCUT2D eigenvalue weighted by Gasteiger charge is -1.92. The molecule has 0 bridgehead atoms. The Morgan fingerprint density at radius 3 is 2.30 bits per heavy atom. The molecule has 1 aromatic heterocycles. The van der Waals surface area contributed by atoms with E-state index in [0.717, 1.165) is 11.5 Å². The third kappa shape index (κ3) is 1.87. The van der Waals surface area contributed by atoms with E-state index in [2.05, 4.69) is 19.0 Å². The van der Waals surface area contributed by atoms with Gasteiger partial charge in [0.05, 0.1) is 5.69 Å². The summed E-state index contributed by atoms with van der Waals surface area (Å²) >= 11 is 0. The first kappa shape index (κ1) is 9.21. The summed E-state index contributed by atoms with van der Waals surface area (Å²) in [5.74, 6) is 1.42. The van der Waals surface area contributed by atoms with Crippen LogP contribution >= 0.6 is 0 Å². The maximum absolute atomic E-state index is 4.98. The van der Waals surface area contributed by atoms with Gasteiger partial charge >= 0.3 is 0 Å². The molecule has 0 aliphatic rings. The second kappa shape index (κ2) is 3.40. The monoisotopic (exact) mass is 141 g/mol. The van der Waals surface area contributed by atoms with Crippen molar-refractivity contribution in [2.75, 3.05) is 0 Å². The summed E-state index contributed by atoms with van der Waals surface area (Å²) in [4.78, 5) is 0. The van der Waals surface area contributed by atoms with E-state index in [1.165, 1.54) is 0 Å². The standard InChI is InChI=1S/C7H11NO.CH4/c1-5(2)7-4-6(3)8-9-7;/h4-5H,1-3H3;1H4. The van der Waals surface area contributed by atoms with Crippen LogP contribution in [0.5, 0.6) is 0 Å². The highest BCUT2D eigenvalue weighted by Gasteiger charge is 2.03. The topological polar surface area (TPSA) is 26.0 Å². The van der Waals surface area contributed by atoms with Crippen molar-refractivity contribution in [3.63, 3.8) is 0 Å². The minimum absolute atomic E-state index is 0. The van der Waals surface area contributed by atoms with Crippen LogP contribution in [0.2, 0.25) is 0 Å². The molecule has 1 heterocycles. The fraction of sp³-hybridized carbons (Fsp3) is 0.625. The van der Waals surface area contributed by atoms with E-state index in [9.17, 15) is 0 Å². The summed E-state index contributed by atoms with van der Waals surface area (Å²) in [6.45, 7) is 6.09. The van der Waals surface area contributed by atoms with Crippen LogP contribution in [0.1, 0.15) is 38.6 Å². The normalized spacial score (nSPS) is 9.60. The van der Waals surface area contributed by atoms with Gasteiger partial charge in [0.25, 0.3) is 0 Å². The molecular formula is C8H15NO. The van der Waals surface area contributed by atoms with Gasteiger partial charge in [0, 0.05) is 12.0 Å². The van der Waals surface area contributed by atoms with E-state index < -0.39 is 0 Å². The van der Waals surface area contributed by atoms with Gasteiger partial charge in [-0.1, -0.05) is 26.4 Å². The van der Waals surface area contributed by atoms with Crippen molar-refractivity contribution in [2.45, 2.75) is 34.1 Å². The Kier molecular flexibility index (Phi) is 3.13. The zero-order chi connectivity index (χ0) is 6.85. The van der Waals surface area contributed by atoms with Gasteiger partial charge in [-0.05, 0) is 6.92 Å². The zero-order valence-electron chi connectivity index (χ0n) is 6.01. The zero-order valence-corrected chi connectivity index (χ0v) is 6.01. The quantitative estimate of drug-likeness (QED) is 0.601. The first-order chi connectivity index (χ1) is 4.20. The lowest BCUT2D eigenvalue weighted by molar-refractivity contribution is 0.368. The van der Waals surface area contributed by atoms with Crippen molar-refractivity contribution < 1.29 is 4.52 Å². The molecule has 0 saturated carbocycles. The van der Waals surface area contributed by atoms with E-state index in [0.29, 0.717) is 5.92 Å². The summed E-state index contributed by atoms with van der Waals surface area (Å²) < 4.78 is 4.98. The first-order valence-corrected chi connectivity index (χ1v) is 3.13. The smallest absolute Gasteiger partial charge is 0.139 e. The van der Waals surface area contributed by atoms with Gasteiger partial charge in [0.15, 0.2) is 0 Å². The maximum Gasteiger partial charge on any atom is 0.139 e. The molecule has 0 unspecified atom stereocenters. The minimum Gasteiger partial charge on any atom is -0.361 e. The largest absolute Gasteiger partial charge is 0.361 e. The number of rotatable bonds is 1. The second-order valence-corrected chi connectivity index (χ2v) is 2.53. The van der Waals surface area contributed by atoms with Crippen molar-refractivity contribution in [1.29, 1.82) is 0 Å². The lowest BCUT2D eigenvalue weighted by atomic mass is 10.1. The molecule has 2 heteroatoms. The van der Waals surface area contributed by atoms with Crippen LogP contribution < -0.4 is 0 Å². The molecule has 0 spiro atoms. The highest BCUT2D eigenvalue weighted by Crippen LogP contribution is 2.13. The van der Waals surface area contributed by atoms with E-state index >= 15 is 0 Å². The van der Waals surface area contributed by atoms with Gasteiger partial charge < -0.3 is 4.52 Å². The van der Waals surface area contributed by atoms with Gasteiger partial charge in [-0.3, -0.25) is 0 Å².